The highest BCUT2D eigenvalue weighted by molar-refractivity contribution is 5.71. The van der Waals surface area contributed by atoms with Crippen molar-refractivity contribution in [2.45, 2.75) is 354 Å². The number of hydrogen-bond acceptors (Lipinski definition) is 6. The molecule has 6 heteroatoms. The minimum atomic E-state index is -0.777. The molecule has 0 aliphatic rings. The Bertz CT molecular complexity index is 1590. The third-order valence-electron chi connectivity index (χ3n) is 15.3. The van der Waals surface area contributed by atoms with Gasteiger partial charge in [0.15, 0.2) is 6.10 Å². The van der Waals surface area contributed by atoms with Crippen LogP contribution in [-0.4, -0.2) is 37.2 Å². The molecule has 0 saturated heterocycles. The zero-order valence-electron chi connectivity index (χ0n) is 54.2. The van der Waals surface area contributed by atoms with Crippen LogP contribution in [0.3, 0.4) is 0 Å². The maximum Gasteiger partial charge on any atom is 0.306 e. The summed E-state index contributed by atoms with van der Waals surface area (Å²) in [6.45, 7) is 6.48. The van der Waals surface area contributed by atoms with Crippen LogP contribution in [0.2, 0.25) is 0 Å². The topological polar surface area (TPSA) is 78.9 Å². The number of hydrogen-bond donors (Lipinski definition) is 0. The van der Waals surface area contributed by atoms with Crippen LogP contribution in [0.15, 0.2) is 97.2 Å². The Morgan fingerprint density at radius 2 is 0.476 bits per heavy atom. The lowest BCUT2D eigenvalue weighted by Gasteiger charge is -2.18. The summed E-state index contributed by atoms with van der Waals surface area (Å²) in [7, 11) is 0. The van der Waals surface area contributed by atoms with Crippen molar-refractivity contribution in [2.24, 2.45) is 0 Å². The van der Waals surface area contributed by atoms with Crippen molar-refractivity contribution in [1.82, 2.24) is 0 Å². The van der Waals surface area contributed by atoms with Gasteiger partial charge in [0.1, 0.15) is 13.2 Å². The number of carbonyl (C=O) groups is 3. The minimum Gasteiger partial charge on any atom is -0.462 e. The number of allylic oxidation sites excluding steroid dienone is 16. The maximum absolute atomic E-state index is 12.9. The Morgan fingerprint density at radius 3 is 0.744 bits per heavy atom. The van der Waals surface area contributed by atoms with E-state index in [4.69, 9.17) is 14.2 Å². The minimum absolute atomic E-state index is 0.0762. The van der Waals surface area contributed by atoms with E-state index in [2.05, 4.69) is 118 Å². The number of rotatable bonds is 64. The lowest BCUT2D eigenvalue weighted by Crippen LogP contribution is -2.30. The number of carbonyl (C=O) groups excluding carboxylic acids is 3. The van der Waals surface area contributed by atoms with Gasteiger partial charge in [-0.2, -0.15) is 0 Å². The Labute approximate surface area is 508 Å². The molecule has 0 aromatic heterocycles. The van der Waals surface area contributed by atoms with Gasteiger partial charge in [-0.3, -0.25) is 14.4 Å². The first kappa shape index (κ1) is 78.3. The predicted molar refractivity (Wildman–Crippen MR) is 357 cm³/mol. The van der Waals surface area contributed by atoms with Crippen molar-refractivity contribution in [2.75, 3.05) is 13.2 Å². The molecule has 0 aromatic carbocycles. The Kier molecular flexibility index (Phi) is 66.7. The number of unbranched alkanes of at least 4 members (excludes halogenated alkanes) is 37. The molecule has 82 heavy (non-hydrogen) atoms. The molecule has 6 nitrogen and oxygen atoms in total. The van der Waals surface area contributed by atoms with Crippen molar-refractivity contribution >= 4 is 17.9 Å². The standard InChI is InChI=1S/C76H132O6/c1-4-7-10-13-16-18-20-22-24-26-28-30-32-33-34-35-36-37-38-39-40-41-42-43-45-46-48-50-52-54-56-58-60-63-66-69-75(78)81-72-73(71-80-74(77)68-65-62-15-12-9-6-3)82-76(79)70-67-64-61-59-57-55-53-51-49-47-44-31-29-27-25-23-21-19-17-14-11-8-5-2/h7,10,16,18,21-24,27-30,33-34,44,47,73H,4-6,8-9,11-15,17,19-20,25-26,31-32,35-43,45-46,48-72H2,1-3H3/b10-7-,18-16-,23-21-,24-22-,29-27-,30-28-,34-33-,47-44-. The van der Waals surface area contributed by atoms with Crippen LogP contribution in [0.1, 0.15) is 348 Å². The monoisotopic (exact) mass is 1140 g/mol. The smallest absolute Gasteiger partial charge is 0.306 e. The molecule has 1 atom stereocenters. The Morgan fingerprint density at radius 1 is 0.256 bits per heavy atom. The van der Waals surface area contributed by atoms with Crippen molar-refractivity contribution in [3.63, 3.8) is 0 Å². The lowest BCUT2D eigenvalue weighted by atomic mass is 10.0. The molecule has 0 aliphatic heterocycles. The summed E-state index contributed by atoms with van der Waals surface area (Å²) < 4.78 is 16.8. The molecule has 0 fully saturated rings. The molecule has 0 amide bonds. The van der Waals surface area contributed by atoms with Gasteiger partial charge >= 0.3 is 17.9 Å². The van der Waals surface area contributed by atoms with E-state index in [9.17, 15) is 14.4 Å². The third-order valence-corrected chi connectivity index (χ3v) is 15.3. The summed E-state index contributed by atoms with van der Waals surface area (Å²) in [5.41, 5.74) is 0. The van der Waals surface area contributed by atoms with Gasteiger partial charge in [0.25, 0.3) is 0 Å². The largest absolute Gasteiger partial charge is 0.462 e. The van der Waals surface area contributed by atoms with Gasteiger partial charge in [-0.05, 0) is 103 Å². The molecule has 0 saturated carbocycles. The summed E-state index contributed by atoms with van der Waals surface area (Å²) in [4.78, 5) is 38.1. The zero-order valence-corrected chi connectivity index (χ0v) is 54.2. The van der Waals surface area contributed by atoms with Crippen LogP contribution < -0.4 is 0 Å². The summed E-state index contributed by atoms with van der Waals surface area (Å²) in [5, 5.41) is 0. The van der Waals surface area contributed by atoms with Crippen LogP contribution in [0.5, 0.6) is 0 Å². The van der Waals surface area contributed by atoms with E-state index in [0.717, 1.165) is 109 Å². The Balaban J connectivity index is 3.99. The van der Waals surface area contributed by atoms with E-state index >= 15 is 0 Å². The van der Waals surface area contributed by atoms with Gasteiger partial charge in [-0.1, -0.05) is 323 Å². The fraction of sp³-hybridized carbons (Fsp3) is 0.750. The average Bonchev–Trinajstić information content (AvgIpc) is 3.47. The number of ether oxygens (including phenoxy) is 3. The first-order valence-electron chi connectivity index (χ1n) is 35.2. The molecule has 0 heterocycles. The van der Waals surface area contributed by atoms with Crippen molar-refractivity contribution in [1.29, 1.82) is 0 Å². The second-order valence-corrected chi connectivity index (χ2v) is 23.4. The van der Waals surface area contributed by atoms with Crippen molar-refractivity contribution in [3.05, 3.63) is 97.2 Å². The molecule has 0 radical (unpaired) electrons. The first-order valence-corrected chi connectivity index (χ1v) is 35.2. The van der Waals surface area contributed by atoms with Gasteiger partial charge in [-0.15, -0.1) is 0 Å². The van der Waals surface area contributed by atoms with Crippen LogP contribution in [0, 0.1) is 0 Å². The molecule has 472 valence electrons. The van der Waals surface area contributed by atoms with Crippen molar-refractivity contribution < 1.29 is 28.6 Å². The van der Waals surface area contributed by atoms with E-state index in [-0.39, 0.29) is 31.1 Å². The highest BCUT2D eigenvalue weighted by atomic mass is 16.6. The second-order valence-electron chi connectivity index (χ2n) is 23.4. The van der Waals surface area contributed by atoms with Gasteiger partial charge in [0, 0.05) is 19.3 Å². The fourth-order valence-electron chi connectivity index (χ4n) is 10.1. The number of esters is 3. The summed E-state index contributed by atoms with van der Waals surface area (Å²) in [6.07, 6.45) is 94.8. The van der Waals surface area contributed by atoms with Crippen LogP contribution >= 0.6 is 0 Å². The molecule has 0 spiro atoms. The van der Waals surface area contributed by atoms with E-state index in [1.165, 1.54) is 199 Å². The summed E-state index contributed by atoms with van der Waals surface area (Å²) >= 11 is 0. The van der Waals surface area contributed by atoms with E-state index in [0.29, 0.717) is 19.3 Å². The maximum atomic E-state index is 12.9. The normalized spacial score (nSPS) is 12.7. The van der Waals surface area contributed by atoms with Crippen LogP contribution in [-0.2, 0) is 28.6 Å². The van der Waals surface area contributed by atoms with Gasteiger partial charge in [0.05, 0.1) is 0 Å². The summed E-state index contributed by atoms with van der Waals surface area (Å²) in [5.74, 6) is -0.878. The van der Waals surface area contributed by atoms with E-state index in [1.807, 2.05) is 0 Å². The average molecular weight is 1140 g/mol. The molecule has 0 bridgehead atoms. The SMILES string of the molecule is CC/C=C\C/C=C\C/C=C\C/C=C\C/C=C\CCCCCCCCCCCCCCCCCCCCCC(=O)OCC(COC(=O)CCCCCCCC)OC(=O)CCCCCCCCCC/C=C\C/C=C\C/C=C\CCCCCCC. The van der Waals surface area contributed by atoms with Gasteiger partial charge < -0.3 is 14.2 Å². The van der Waals surface area contributed by atoms with Crippen LogP contribution in [0.4, 0.5) is 0 Å². The van der Waals surface area contributed by atoms with Gasteiger partial charge in [-0.25, -0.2) is 0 Å². The molecule has 0 rings (SSSR count). The van der Waals surface area contributed by atoms with E-state index < -0.39 is 6.10 Å². The molecule has 0 aliphatic carbocycles. The first-order chi connectivity index (χ1) is 40.5. The highest BCUT2D eigenvalue weighted by Crippen LogP contribution is 2.17. The van der Waals surface area contributed by atoms with E-state index in [1.54, 1.807) is 0 Å². The predicted octanol–water partition coefficient (Wildman–Crippen LogP) is 24.4. The van der Waals surface area contributed by atoms with Crippen molar-refractivity contribution in [3.8, 4) is 0 Å². The zero-order chi connectivity index (χ0) is 59.2. The highest BCUT2D eigenvalue weighted by Gasteiger charge is 2.19. The van der Waals surface area contributed by atoms with Crippen LogP contribution in [0.25, 0.3) is 0 Å². The molecule has 0 N–H and O–H groups in total. The fourth-order valence-corrected chi connectivity index (χ4v) is 10.1. The molecular formula is C76H132O6. The quantitative estimate of drug-likeness (QED) is 0.0261. The second kappa shape index (κ2) is 69.8. The molecular weight excluding hydrogens is 1010 g/mol. The Hall–Kier alpha value is -3.67. The third kappa shape index (κ3) is 67.1. The lowest BCUT2D eigenvalue weighted by molar-refractivity contribution is -0.167. The molecule has 0 aromatic rings. The van der Waals surface area contributed by atoms with Gasteiger partial charge in [0.2, 0.25) is 0 Å². The molecule has 1 unspecified atom stereocenters. The summed E-state index contributed by atoms with van der Waals surface area (Å²) in [6, 6.07) is 0.